The Balaban J connectivity index is 1.95. The first-order chi connectivity index (χ1) is 9.60. The summed E-state index contributed by atoms with van der Waals surface area (Å²) in [7, 11) is 0. The Bertz CT molecular complexity index is 436. The van der Waals surface area contributed by atoms with Crippen molar-refractivity contribution in [2.75, 3.05) is 26.2 Å². The molecule has 0 amide bonds. The number of aliphatic hydroxyl groups is 1. The molecule has 20 heavy (non-hydrogen) atoms. The van der Waals surface area contributed by atoms with Gasteiger partial charge < -0.3 is 9.84 Å². The fourth-order valence-electron chi connectivity index (χ4n) is 2.52. The number of likely N-dealkylation sites (N-methyl/N-ethyl adjacent to an activating group) is 1. The summed E-state index contributed by atoms with van der Waals surface area (Å²) in [5, 5.41) is 10.1. The average molecular weight is 285 g/mol. The van der Waals surface area contributed by atoms with Gasteiger partial charge in [0, 0.05) is 31.3 Å². The zero-order valence-corrected chi connectivity index (χ0v) is 11.7. The maximum atomic E-state index is 13.6. The third-order valence-corrected chi connectivity index (χ3v) is 3.69. The molecule has 1 aliphatic heterocycles. The van der Waals surface area contributed by atoms with Gasteiger partial charge in [-0.2, -0.15) is 0 Å². The van der Waals surface area contributed by atoms with Gasteiger partial charge >= 0.3 is 0 Å². The molecule has 2 atom stereocenters. The number of nitrogens with zero attached hydrogens (tertiary/aromatic N) is 1. The van der Waals surface area contributed by atoms with Gasteiger partial charge in [0.1, 0.15) is 11.6 Å². The molecule has 0 aromatic heterocycles. The van der Waals surface area contributed by atoms with E-state index in [9.17, 15) is 13.9 Å². The van der Waals surface area contributed by atoms with Crippen LogP contribution in [0.2, 0.25) is 0 Å². The number of halogens is 2. The van der Waals surface area contributed by atoms with Crippen molar-refractivity contribution in [1.82, 2.24) is 4.90 Å². The lowest BCUT2D eigenvalue weighted by Crippen LogP contribution is -2.35. The van der Waals surface area contributed by atoms with Crippen LogP contribution >= 0.6 is 0 Å². The highest BCUT2D eigenvalue weighted by atomic mass is 19.1. The van der Waals surface area contributed by atoms with Crippen molar-refractivity contribution in [3.8, 4) is 0 Å². The van der Waals surface area contributed by atoms with Crippen LogP contribution in [0.3, 0.4) is 0 Å². The molecule has 1 saturated heterocycles. The number of ether oxygens (including phenoxy) is 1. The SMILES string of the molecule is CCN(CC1CCCO1)CC(O)c1ccc(F)cc1F. The second-order valence-electron chi connectivity index (χ2n) is 5.17. The van der Waals surface area contributed by atoms with E-state index in [1.54, 1.807) is 0 Å². The van der Waals surface area contributed by atoms with Crippen LogP contribution in [-0.4, -0.2) is 42.4 Å². The van der Waals surface area contributed by atoms with E-state index in [1.165, 1.54) is 6.07 Å². The highest BCUT2D eigenvalue weighted by molar-refractivity contribution is 5.21. The van der Waals surface area contributed by atoms with E-state index >= 15 is 0 Å². The Morgan fingerprint density at radius 3 is 2.85 bits per heavy atom. The first-order valence-electron chi connectivity index (χ1n) is 7.07. The van der Waals surface area contributed by atoms with Crippen LogP contribution in [-0.2, 0) is 4.74 Å². The van der Waals surface area contributed by atoms with E-state index in [4.69, 9.17) is 4.74 Å². The summed E-state index contributed by atoms with van der Waals surface area (Å²) in [5.74, 6) is -1.34. The van der Waals surface area contributed by atoms with Crippen LogP contribution in [0.15, 0.2) is 18.2 Å². The summed E-state index contributed by atoms with van der Waals surface area (Å²) < 4.78 is 32.0. The molecule has 1 aliphatic rings. The van der Waals surface area contributed by atoms with Gasteiger partial charge in [-0.25, -0.2) is 8.78 Å². The third-order valence-electron chi connectivity index (χ3n) is 3.69. The van der Waals surface area contributed by atoms with Crippen molar-refractivity contribution < 1.29 is 18.6 Å². The van der Waals surface area contributed by atoms with Gasteiger partial charge in [-0.1, -0.05) is 13.0 Å². The van der Waals surface area contributed by atoms with Gasteiger partial charge in [-0.05, 0) is 25.5 Å². The fraction of sp³-hybridized carbons (Fsp3) is 0.600. The van der Waals surface area contributed by atoms with E-state index in [2.05, 4.69) is 0 Å². The molecule has 2 unspecified atom stereocenters. The van der Waals surface area contributed by atoms with E-state index in [-0.39, 0.29) is 11.7 Å². The van der Waals surface area contributed by atoms with E-state index in [0.29, 0.717) is 6.54 Å². The van der Waals surface area contributed by atoms with Crippen molar-refractivity contribution in [1.29, 1.82) is 0 Å². The highest BCUT2D eigenvalue weighted by Crippen LogP contribution is 2.20. The van der Waals surface area contributed by atoms with Crippen molar-refractivity contribution in [2.45, 2.75) is 32.0 Å². The van der Waals surface area contributed by atoms with E-state index < -0.39 is 17.7 Å². The maximum absolute atomic E-state index is 13.6. The van der Waals surface area contributed by atoms with E-state index in [0.717, 1.165) is 44.7 Å². The Kier molecular flexibility index (Phi) is 5.46. The smallest absolute Gasteiger partial charge is 0.131 e. The minimum atomic E-state index is -0.961. The average Bonchev–Trinajstić information content (AvgIpc) is 2.90. The minimum Gasteiger partial charge on any atom is -0.387 e. The summed E-state index contributed by atoms with van der Waals surface area (Å²) in [6.07, 6.45) is 1.33. The molecule has 0 spiro atoms. The molecule has 3 nitrogen and oxygen atoms in total. The summed E-state index contributed by atoms with van der Waals surface area (Å²) >= 11 is 0. The molecule has 1 fully saturated rings. The summed E-state index contributed by atoms with van der Waals surface area (Å²) in [5.41, 5.74) is 0.136. The van der Waals surface area contributed by atoms with Crippen LogP contribution in [0.25, 0.3) is 0 Å². The number of aliphatic hydroxyl groups excluding tert-OH is 1. The van der Waals surface area contributed by atoms with E-state index in [1.807, 2.05) is 11.8 Å². The van der Waals surface area contributed by atoms with Crippen molar-refractivity contribution in [2.24, 2.45) is 0 Å². The van der Waals surface area contributed by atoms with Gasteiger partial charge in [0.25, 0.3) is 0 Å². The third kappa shape index (κ3) is 3.98. The quantitative estimate of drug-likeness (QED) is 0.871. The lowest BCUT2D eigenvalue weighted by atomic mass is 10.1. The Hall–Kier alpha value is -1.04. The molecule has 2 rings (SSSR count). The first kappa shape index (κ1) is 15.4. The largest absolute Gasteiger partial charge is 0.387 e. The monoisotopic (exact) mass is 285 g/mol. The Morgan fingerprint density at radius 1 is 1.45 bits per heavy atom. The standard InChI is InChI=1S/C15H21F2NO2/c1-2-18(9-12-4-3-7-20-12)10-15(19)13-6-5-11(16)8-14(13)17/h5-6,8,12,15,19H,2-4,7,9-10H2,1H3. The molecule has 0 radical (unpaired) electrons. The van der Waals surface area contributed by atoms with Crippen LogP contribution in [0.1, 0.15) is 31.4 Å². The molecule has 1 heterocycles. The van der Waals surface area contributed by atoms with Gasteiger partial charge in [0.05, 0.1) is 12.2 Å². The predicted octanol–water partition coefficient (Wildman–Crippen LogP) is 2.50. The van der Waals surface area contributed by atoms with Crippen LogP contribution in [0.4, 0.5) is 8.78 Å². The predicted molar refractivity (Wildman–Crippen MR) is 72.4 cm³/mol. The van der Waals surface area contributed by atoms with Crippen molar-refractivity contribution >= 4 is 0 Å². The minimum absolute atomic E-state index is 0.136. The van der Waals surface area contributed by atoms with Gasteiger partial charge in [0.2, 0.25) is 0 Å². The van der Waals surface area contributed by atoms with Crippen molar-refractivity contribution in [3.63, 3.8) is 0 Å². The number of benzene rings is 1. The van der Waals surface area contributed by atoms with Crippen molar-refractivity contribution in [3.05, 3.63) is 35.4 Å². The fourth-order valence-corrected chi connectivity index (χ4v) is 2.52. The lowest BCUT2D eigenvalue weighted by Gasteiger charge is -2.26. The highest BCUT2D eigenvalue weighted by Gasteiger charge is 2.21. The molecule has 112 valence electrons. The van der Waals surface area contributed by atoms with Crippen LogP contribution in [0.5, 0.6) is 0 Å². The van der Waals surface area contributed by atoms with Crippen LogP contribution in [0, 0.1) is 11.6 Å². The molecule has 0 aliphatic carbocycles. The molecule has 5 heteroatoms. The molecule has 1 aromatic rings. The lowest BCUT2D eigenvalue weighted by molar-refractivity contribution is 0.0508. The van der Waals surface area contributed by atoms with Gasteiger partial charge in [0.15, 0.2) is 0 Å². The zero-order valence-electron chi connectivity index (χ0n) is 11.7. The number of hydrogen-bond donors (Lipinski definition) is 1. The summed E-state index contributed by atoms with van der Waals surface area (Å²) in [6.45, 7) is 4.58. The summed E-state index contributed by atoms with van der Waals surface area (Å²) in [4.78, 5) is 2.03. The molecular weight excluding hydrogens is 264 g/mol. The Morgan fingerprint density at radius 2 is 2.25 bits per heavy atom. The second-order valence-corrected chi connectivity index (χ2v) is 5.17. The number of rotatable bonds is 6. The number of hydrogen-bond acceptors (Lipinski definition) is 3. The molecule has 0 bridgehead atoms. The topological polar surface area (TPSA) is 32.7 Å². The molecule has 1 aromatic carbocycles. The van der Waals surface area contributed by atoms with Crippen LogP contribution < -0.4 is 0 Å². The zero-order chi connectivity index (χ0) is 14.5. The maximum Gasteiger partial charge on any atom is 0.131 e. The van der Waals surface area contributed by atoms with Gasteiger partial charge in [-0.15, -0.1) is 0 Å². The Labute approximate surface area is 118 Å². The molecule has 1 N–H and O–H groups in total. The molecular formula is C15H21F2NO2. The summed E-state index contributed by atoms with van der Waals surface area (Å²) in [6, 6.07) is 3.27. The second kappa shape index (κ2) is 7.11. The first-order valence-corrected chi connectivity index (χ1v) is 7.07. The molecule has 0 saturated carbocycles. The van der Waals surface area contributed by atoms with Gasteiger partial charge in [-0.3, -0.25) is 4.90 Å². The normalized spacial score (nSPS) is 20.6.